The van der Waals surface area contributed by atoms with Crippen LogP contribution >= 0.6 is 15.9 Å². The molecule has 1 unspecified atom stereocenters. The van der Waals surface area contributed by atoms with Crippen LogP contribution in [0.1, 0.15) is 30.8 Å². The van der Waals surface area contributed by atoms with Crippen molar-refractivity contribution in [3.63, 3.8) is 0 Å². The van der Waals surface area contributed by atoms with Gasteiger partial charge in [-0.2, -0.15) is 5.10 Å². The van der Waals surface area contributed by atoms with Gasteiger partial charge in [-0.25, -0.2) is 4.98 Å². The fourth-order valence-corrected chi connectivity index (χ4v) is 2.42. The quantitative estimate of drug-likeness (QED) is 0.937. The molecular weight excluding hydrogens is 282 g/mol. The van der Waals surface area contributed by atoms with Crippen LogP contribution in [0.15, 0.2) is 23.2 Å². The molecule has 0 saturated carbocycles. The average molecular weight is 298 g/mol. The summed E-state index contributed by atoms with van der Waals surface area (Å²) in [5.74, 6) is 0. The first-order valence-electron chi connectivity index (χ1n) is 5.58. The molecule has 92 valence electrons. The predicted octanol–water partition coefficient (Wildman–Crippen LogP) is 1.84. The van der Waals surface area contributed by atoms with E-state index in [1.165, 1.54) is 0 Å². The summed E-state index contributed by atoms with van der Waals surface area (Å²) in [4.78, 5) is 4.10. The first-order chi connectivity index (χ1) is 8.15. The predicted molar refractivity (Wildman–Crippen MR) is 69.5 cm³/mol. The number of halogens is 1. The van der Waals surface area contributed by atoms with Crippen molar-refractivity contribution in [1.29, 1.82) is 0 Å². The van der Waals surface area contributed by atoms with Crippen LogP contribution in [0, 0.1) is 0 Å². The van der Waals surface area contributed by atoms with E-state index in [9.17, 15) is 0 Å². The highest BCUT2D eigenvalue weighted by Gasteiger charge is 2.20. The standard InChI is InChI=1S/C11H16BrN5/c1-3-4-17-11(8(12)5-15-17)10(13)9-6-14-7-16(9)2/h5-7,10H,3-4,13H2,1-2H3. The van der Waals surface area contributed by atoms with E-state index in [1.54, 1.807) is 18.7 Å². The van der Waals surface area contributed by atoms with Crippen LogP contribution in [0.25, 0.3) is 0 Å². The van der Waals surface area contributed by atoms with E-state index in [-0.39, 0.29) is 6.04 Å². The van der Waals surface area contributed by atoms with Crippen molar-refractivity contribution in [1.82, 2.24) is 19.3 Å². The Kier molecular flexibility index (Phi) is 3.63. The van der Waals surface area contributed by atoms with Crippen LogP contribution in [0.3, 0.4) is 0 Å². The molecule has 2 heterocycles. The van der Waals surface area contributed by atoms with Gasteiger partial charge in [0.05, 0.1) is 40.6 Å². The molecule has 6 heteroatoms. The van der Waals surface area contributed by atoms with Gasteiger partial charge in [-0.1, -0.05) is 6.92 Å². The Bertz CT molecular complexity index is 502. The first-order valence-corrected chi connectivity index (χ1v) is 6.37. The molecule has 0 bridgehead atoms. The lowest BCUT2D eigenvalue weighted by atomic mass is 10.1. The largest absolute Gasteiger partial charge is 0.336 e. The molecule has 5 nitrogen and oxygen atoms in total. The smallest absolute Gasteiger partial charge is 0.0946 e. The number of hydrogen-bond donors (Lipinski definition) is 1. The Morgan fingerprint density at radius 1 is 1.47 bits per heavy atom. The minimum absolute atomic E-state index is 0.217. The maximum absolute atomic E-state index is 6.29. The number of nitrogens with zero attached hydrogens (tertiary/aromatic N) is 4. The summed E-state index contributed by atoms with van der Waals surface area (Å²) < 4.78 is 4.82. The number of aryl methyl sites for hydroxylation is 2. The van der Waals surface area contributed by atoms with Crippen molar-refractivity contribution >= 4 is 15.9 Å². The summed E-state index contributed by atoms with van der Waals surface area (Å²) in [6.45, 7) is 2.99. The lowest BCUT2D eigenvalue weighted by Crippen LogP contribution is -2.20. The molecule has 0 aliphatic carbocycles. The van der Waals surface area contributed by atoms with Gasteiger partial charge in [0.2, 0.25) is 0 Å². The second-order valence-corrected chi connectivity index (χ2v) is 4.86. The minimum Gasteiger partial charge on any atom is -0.336 e. The summed E-state index contributed by atoms with van der Waals surface area (Å²) >= 11 is 3.50. The third-order valence-electron chi connectivity index (χ3n) is 2.74. The van der Waals surface area contributed by atoms with E-state index in [1.807, 2.05) is 16.3 Å². The Labute approximate surface area is 109 Å². The van der Waals surface area contributed by atoms with E-state index in [2.05, 4.69) is 32.9 Å². The molecule has 1 atom stereocenters. The molecule has 0 saturated heterocycles. The fourth-order valence-electron chi connectivity index (χ4n) is 1.88. The summed E-state index contributed by atoms with van der Waals surface area (Å²) in [6.07, 6.45) is 6.37. The van der Waals surface area contributed by atoms with Crippen LogP contribution in [0.5, 0.6) is 0 Å². The van der Waals surface area contributed by atoms with Gasteiger partial charge in [0.1, 0.15) is 0 Å². The van der Waals surface area contributed by atoms with Crippen LogP contribution in [0.2, 0.25) is 0 Å². The summed E-state index contributed by atoms with van der Waals surface area (Å²) in [5.41, 5.74) is 8.26. The van der Waals surface area contributed by atoms with E-state index in [0.29, 0.717) is 0 Å². The average Bonchev–Trinajstić information content (AvgIpc) is 2.86. The molecule has 17 heavy (non-hydrogen) atoms. The van der Waals surface area contributed by atoms with Gasteiger partial charge in [0, 0.05) is 13.6 Å². The SMILES string of the molecule is CCCn1ncc(Br)c1C(N)c1cncn1C. The molecule has 0 aliphatic heterocycles. The molecule has 0 fully saturated rings. The Morgan fingerprint density at radius 3 is 2.82 bits per heavy atom. The zero-order valence-electron chi connectivity index (χ0n) is 9.97. The molecule has 0 aromatic carbocycles. The maximum Gasteiger partial charge on any atom is 0.0946 e. The van der Waals surface area contributed by atoms with Gasteiger partial charge < -0.3 is 10.3 Å². The van der Waals surface area contributed by atoms with Crippen LogP contribution < -0.4 is 5.73 Å². The molecule has 2 N–H and O–H groups in total. The zero-order chi connectivity index (χ0) is 12.4. The van der Waals surface area contributed by atoms with Gasteiger partial charge >= 0.3 is 0 Å². The van der Waals surface area contributed by atoms with E-state index in [0.717, 1.165) is 28.8 Å². The van der Waals surface area contributed by atoms with Crippen molar-refractivity contribution in [2.24, 2.45) is 12.8 Å². The van der Waals surface area contributed by atoms with Crippen LogP contribution in [0.4, 0.5) is 0 Å². The van der Waals surface area contributed by atoms with Gasteiger partial charge in [0.25, 0.3) is 0 Å². The highest BCUT2D eigenvalue weighted by atomic mass is 79.9. The van der Waals surface area contributed by atoms with E-state index < -0.39 is 0 Å². The number of aromatic nitrogens is 4. The zero-order valence-corrected chi connectivity index (χ0v) is 11.6. The molecule has 0 spiro atoms. The monoisotopic (exact) mass is 297 g/mol. The first kappa shape index (κ1) is 12.3. The normalized spacial score (nSPS) is 12.9. The maximum atomic E-state index is 6.29. The van der Waals surface area contributed by atoms with Crippen molar-refractivity contribution in [2.75, 3.05) is 0 Å². The third kappa shape index (κ3) is 2.28. The lowest BCUT2D eigenvalue weighted by molar-refractivity contribution is 0.551. The van der Waals surface area contributed by atoms with Crippen molar-refractivity contribution < 1.29 is 0 Å². The van der Waals surface area contributed by atoms with Gasteiger partial charge in [-0.3, -0.25) is 4.68 Å². The lowest BCUT2D eigenvalue weighted by Gasteiger charge is -2.15. The van der Waals surface area contributed by atoms with Crippen LogP contribution in [-0.2, 0) is 13.6 Å². The van der Waals surface area contributed by atoms with Gasteiger partial charge in [0.15, 0.2) is 0 Å². The third-order valence-corrected chi connectivity index (χ3v) is 3.35. The van der Waals surface area contributed by atoms with Crippen LogP contribution in [-0.4, -0.2) is 19.3 Å². The highest BCUT2D eigenvalue weighted by molar-refractivity contribution is 9.10. The Hall–Kier alpha value is -1.14. The van der Waals surface area contributed by atoms with Gasteiger partial charge in [-0.05, 0) is 22.4 Å². The molecular formula is C11H16BrN5. The molecule has 0 amide bonds. The minimum atomic E-state index is -0.217. The van der Waals surface area contributed by atoms with Gasteiger partial charge in [-0.15, -0.1) is 0 Å². The topological polar surface area (TPSA) is 61.7 Å². The van der Waals surface area contributed by atoms with E-state index >= 15 is 0 Å². The summed E-state index contributed by atoms with van der Waals surface area (Å²) in [7, 11) is 1.94. The number of imidazole rings is 1. The van der Waals surface area contributed by atoms with Crippen molar-refractivity contribution in [3.8, 4) is 0 Å². The molecule has 2 aromatic heterocycles. The van der Waals surface area contributed by atoms with Crippen molar-refractivity contribution in [2.45, 2.75) is 25.9 Å². The Morgan fingerprint density at radius 2 is 2.24 bits per heavy atom. The van der Waals surface area contributed by atoms with E-state index in [4.69, 9.17) is 5.73 Å². The number of nitrogens with two attached hydrogens (primary N) is 1. The molecule has 0 radical (unpaired) electrons. The Balaban J connectivity index is 2.39. The second-order valence-electron chi connectivity index (χ2n) is 4.01. The number of rotatable bonds is 4. The fraction of sp³-hybridized carbons (Fsp3) is 0.455. The van der Waals surface area contributed by atoms with Crippen molar-refractivity contribution in [3.05, 3.63) is 34.6 Å². The number of hydrogen-bond acceptors (Lipinski definition) is 3. The second kappa shape index (κ2) is 5.01. The summed E-state index contributed by atoms with van der Waals surface area (Å²) in [6, 6.07) is -0.217. The highest BCUT2D eigenvalue weighted by Crippen LogP contribution is 2.26. The molecule has 2 aromatic rings. The summed E-state index contributed by atoms with van der Waals surface area (Å²) in [5, 5.41) is 4.33. The molecule has 0 aliphatic rings. The molecule has 2 rings (SSSR count).